The predicted molar refractivity (Wildman–Crippen MR) is 78.7 cm³/mol. The zero-order valence-corrected chi connectivity index (χ0v) is 12.5. The smallest absolute Gasteiger partial charge is 0.185 e. The number of piperazine rings is 1. The Bertz CT molecular complexity index is 505. The quantitative estimate of drug-likeness (QED) is 0.793. The lowest BCUT2D eigenvalue weighted by Gasteiger charge is -2.38. The molecule has 2 unspecified atom stereocenters. The van der Waals surface area contributed by atoms with Crippen molar-refractivity contribution in [1.29, 1.82) is 0 Å². The van der Waals surface area contributed by atoms with Crippen LogP contribution in [-0.2, 0) is 0 Å². The van der Waals surface area contributed by atoms with Crippen molar-refractivity contribution in [3.8, 4) is 0 Å². The maximum absolute atomic E-state index is 12.9. The summed E-state index contributed by atoms with van der Waals surface area (Å²) in [6, 6.07) is 3.44. The molecular formula is C16H22FN3O. The van der Waals surface area contributed by atoms with E-state index in [0.717, 1.165) is 32.4 Å². The third-order valence-electron chi connectivity index (χ3n) is 4.63. The highest BCUT2D eigenvalue weighted by molar-refractivity contribution is 5.95. The average Bonchev–Trinajstić information content (AvgIpc) is 2.95. The molecule has 0 aromatic carbocycles. The van der Waals surface area contributed by atoms with Gasteiger partial charge in [-0.25, -0.2) is 4.39 Å². The number of hydrogen-bond donors (Lipinski definition) is 0. The van der Waals surface area contributed by atoms with Crippen LogP contribution in [0.3, 0.4) is 0 Å². The lowest BCUT2D eigenvalue weighted by molar-refractivity contribution is 0.0759. The van der Waals surface area contributed by atoms with Gasteiger partial charge in [0.2, 0.25) is 0 Å². The lowest BCUT2D eigenvalue weighted by atomic mass is 10.0. The molecular weight excluding hydrogens is 269 g/mol. The Balaban J connectivity index is 1.57. The Hall–Kier alpha value is -1.33. The van der Waals surface area contributed by atoms with Gasteiger partial charge in [-0.15, -0.1) is 0 Å². The van der Waals surface area contributed by atoms with E-state index >= 15 is 0 Å². The summed E-state index contributed by atoms with van der Waals surface area (Å²) in [5.74, 6) is -0.503. The summed E-state index contributed by atoms with van der Waals surface area (Å²) in [4.78, 5) is 21.2. The van der Waals surface area contributed by atoms with Crippen LogP contribution in [0.1, 0.15) is 30.3 Å². The molecule has 0 radical (unpaired) electrons. The third kappa shape index (κ3) is 3.30. The Morgan fingerprint density at radius 1 is 1.43 bits per heavy atom. The van der Waals surface area contributed by atoms with E-state index in [4.69, 9.17) is 0 Å². The molecule has 2 saturated heterocycles. The number of carbonyl (C=O) groups excluding carboxylic acids is 1. The molecule has 4 nitrogen and oxygen atoms in total. The molecule has 0 amide bonds. The summed E-state index contributed by atoms with van der Waals surface area (Å²) in [7, 11) is 0. The van der Waals surface area contributed by atoms with E-state index in [0.29, 0.717) is 11.7 Å². The van der Waals surface area contributed by atoms with E-state index in [9.17, 15) is 9.18 Å². The van der Waals surface area contributed by atoms with Crippen LogP contribution in [0, 0.1) is 11.7 Å². The van der Waals surface area contributed by atoms with Gasteiger partial charge < -0.3 is 0 Å². The van der Waals surface area contributed by atoms with Crippen LogP contribution in [0.4, 0.5) is 4.39 Å². The molecule has 2 atom stereocenters. The first-order valence-electron chi connectivity index (χ1n) is 7.75. The molecule has 2 aliphatic rings. The summed E-state index contributed by atoms with van der Waals surface area (Å²) in [5, 5.41) is 0. The van der Waals surface area contributed by atoms with Crippen LogP contribution in [-0.4, -0.2) is 59.3 Å². The first-order valence-corrected chi connectivity index (χ1v) is 7.75. The minimum atomic E-state index is -0.406. The molecule has 5 heteroatoms. The van der Waals surface area contributed by atoms with Crippen molar-refractivity contribution in [2.45, 2.75) is 25.8 Å². The highest BCUT2D eigenvalue weighted by Crippen LogP contribution is 2.22. The van der Waals surface area contributed by atoms with Crippen LogP contribution in [0.5, 0.6) is 0 Å². The Labute approximate surface area is 125 Å². The number of ketones is 1. The van der Waals surface area contributed by atoms with E-state index in [1.807, 2.05) is 6.92 Å². The number of fused-ring (bicyclic) bond motifs is 1. The molecule has 0 spiro atoms. The fourth-order valence-corrected chi connectivity index (χ4v) is 3.47. The molecule has 21 heavy (non-hydrogen) atoms. The van der Waals surface area contributed by atoms with Gasteiger partial charge in [0.15, 0.2) is 5.78 Å². The number of carbonyl (C=O) groups is 1. The van der Waals surface area contributed by atoms with Crippen molar-refractivity contribution in [3.63, 3.8) is 0 Å². The number of hydrogen-bond acceptors (Lipinski definition) is 4. The summed E-state index contributed by atoms with van der Waals surface area (Å²) in [6.45, 7) is 7.14. The predicted octanol–water partition coefficient (Wildman–Crippen LogP) is 1.82. The number of nitrogens with zero attached hydrogens (tertiary/aromatic N) is 3. The second-order valence-electron chi connectivity index (χ2n) is 6.22. The molecule has 1 aromatic rings. The zero-order valence-electron chi connectivity index (χ0n) is 12.5. The molecule has 0 N–H and O–H groups in total. The van der Waals surface area contributed by atoms with Crippen molar-refractivity contribution in [2.24, 2.45) is 5.92 Å². The summed E-state index contributed by atoms with van der Waals surface area (Å²) >= 11 is 0. The summed E-state index contributed by atoms with van der Waals surface area (Å²) in [6.07, 6.45) is 3.68. The lowest BCUT2D eigenvalue weighted by Crippen LogP contribution is -2.51. The van der Waals surface area contributed by atoms with Crippen LogP contribution in [0.25, 0.3) is 0 Å². The van der Waals surface area contributed by atoms with Crippen molar-refractivity contribution in [3.05, 3.63) is 29.8 Å². The Morgan fingerprint density at radius 2 is 2.29 bits per heavy atom. The molecule has 3 heterocycles. The van der Waals surface area contributed by atoms with Crippen LogP contribution >= 0.6 is 0 Å². The van der Waals surface area contributed by atoms with Gasteiger partial charge in [0, 0.05) is 38.1 Å². The highest BCUT2D eigenvalue weighted by Gasteiger charge is 2.31. The first kappa shape index (κ1) is 14.6. The first-order chi connectivity index (χ1) is 10.1. The Morgan fingerprint density at radius 3 is 3.05 bits per heavy atom. The number of halogens is 1. The van der Waals surface area contributed by atoms with Gasteiger partial charge in [-0.3, -0.25) is 19.6 Å². The van der Waals surface area contributed by atoms with Crippen molar-refractivity contribution < 1.29 is 9.18 Å². The number of aromatic nitrogens is 1. The molecule has 0 saturated carbocycles. The van der Waals surface area contributed by atoms with E-state index in [-0.39, 0.29) is 11.7 Å². The monoisotopic (exact) mass is 291 g/mol. The van der Waals surface area contributed by atoms with Gasteiger partial charge >= 0.3 is 0 Å². The van der Waals surface area contributed by atoms with E-state index in [1.54, 1.807) is 0 Å². The molecule has 1 aromatic heterocycles. The summed E-state index contributed by atoms with van der Waals surface area (Å²) < 4.78 is 12.9. The van der Waals surface area contributed by atoms with Gasteiger partial charge in [-0.1, -0.05) is 6.92 Å². The molecule has 114 valence electrons. The molecule has 3 rings (SSSR count). The fraction of sp³-hybridized carbons (Fsp3) is 0.625. The summed E-state index contributed by atoms with van der Waals surface area (Å²) in [5.41, 5.74) is 0.364. The normalized spacial score (nSPS) is 24.8. The molecule has 2 fully saturated rings. The number of pyridine rings is 1. The van der Waals surface area contributed by atoms with Crippen molar-refractivity contribution >= 4 is 5.78 Å². The minimum absolute atomic E-state index is 0.00357. The molecule has 2 aliphatic heterocycles. The standard InChI is InChI=1S/C16H22FN3O/c1-12(16(21)15-5-4-13(17)9-18-15)10-19-7-8-20-6-2-3-14(20)11-19/h4-5,9,12,14H,2-3,6-8,10-11H2,1H3. The van der Waals surface area contributed by atoms with Gasteiger partial charge in [0.25, 0.3) is 0 Å². The SMILES string of the molecule is CC(CN1CCN2CCCC2C1)C(=O)c1ccc(F)cn1. The number of Topliss-reactive ketones (excluding diaryl/α,β-unsaturated/α-hetero) is 1. The Kier molecular flexibility index (Phi) is 4.31. The second-order valence-corrected chi connectivity index (χ2v) is 6.22. The third-order valence-corrected chi connectivity index (χ3v) is 4.63. The van der Waals surface area contributed by atoms with Gasteiger partial charge in [0.05, 0.1) is 6.20 Å². The maximum atomic E-state index is 12.9. The van der Waals surface area contributed by atoms with Crippen molar-refractivity contribution in [2.75, 3.05) is 32.7 Å². The second kappa shape index (κ2) is 6.20. The van der Waals surface area contributed by atoms with Crippen LogP contribution in [0.2, 0.25) is 0 Å². The van der Waals surface area contributed by atoms with Gasteiger partial charge in [-0.05, 0) is 31.5 Å². The average molecular weight is 291 g/mol. The topological polar surface area (TPSA) is 36.4 Å². The minimum Gasteiger partial charge on any atom is -0.300 e. The van der Waals surface area contributed by atoms with Crippen LogP contribution in [0.15, 0.2) is 18.3 Å². The molecule has 0 bridgehead atoms. The molecule has 0 aliphatic carbocycles. The fourth-order valence-electron chi connectivity index (χ4n) is 3.47. The van der Waals surface area contributed by atoms with Crippen LogP contribution < -0.4 is 0 Å². The number of rotatable bonds is 4. The van der Waals surface area contributed by atoms with E-state index in [1.165, 1.54) is 31.5 Å². The largest absolute Gasteiger partial charge is 0.300 e. The maximum Gasteiger partial charge on any atom is 0.185 e. The van der Waals surface area contributed by atoms with E-state index in [2.05, 4.69) is 14.8 Å². The van der Waals surface area contributed by atoms with E-state index < -0.39 is 5.82 Å². The zero-order chi connectivity index (χ0) is 14.8. The van der Waals surface area contributed by atoms with Gasteiger partial charge in [-0.2, -0.15) is 0 Å². The van der Waals surface area contributed by atoms with Gasteiger partial charge in [0.1, 0.15) is 11.5 Å². The van der Waals surface area contributed by atoms with Crippen molar-refractivity contribution in [1.82, 2.24) is 14.8 Å². The highest BCUT2D eigenvalue weighted by atomic mass is 19.1.